The number of rotatable bonds is 10. The minimum atomic E-state index is -1.13. The van der Waals surface area contributed by atoms with Crippen molar-refractivity contribution in [1.82, 2.24) is 10.6 Å². The van der Waals surface area contributed by atoms with Gasteiger partial charge in [-0.3, -0.25) is 4.79 Å². The Bertz CT molecular complexity index is 1030. The van der Waals surface area contributed by atoms with Gasteiger partial charge in [0.15, 0.2) is 6.10 Å². The van der Waals surface area contributed by atoms with E-state index in [0.717, 1.165) is 22.3 Å². The Morgan fingerprint density at radius 1 is 1.09 bits per heavy atom. The van der Waals surface area contributed by atoms with Crippen molar-refractivity contribution in [3.8, 4) is 11.1 Å². The second-order valence-electron chi connectivity index (χ2n) is 8.69. The summed E-state index contributed by atoms with van der Waals surface area (Å²) in [6.45, 7) is 0.824. The van der Waals surface area contributed by atoms with Crippen molar-refractivity contribution >= 4 is 18.0 Å². The molecule has 9 nitrogen and oxygen atoms in total. The summed E-state index contributed by atoms with van der Waals surface area (Å²) in [5.74, 6) is -1.78. The van der Waals surface area contributed by atoms with E-state index >= 15 is 0 Å². The third kappa shape index (κ3) is 5.63. The Kier molecular flexibility index (Phi) is 7.99. The number of benzene rings is 2. The number of amides is 2. The molecule has 9 heteroatoms. The number of carboxylic acids is 1. The minimum absolute atomic E-state index is 0.0736. The van der Waals surface area contributed by atoms with Crippen molar-refractivity contribution in [2.45, 2.75) is 43.4 Å². The fraction of sp³-hybridized carbons (Fsp3) is 0.423. The van der Waals surface area contributed by atoms with Crippen molar-refractivity contribution in [3.63, 3.8) is 0 Å². The molecule has 1 saturated heterocycles. The highest BCUT2D eigenvalue weighted by atomic mass is 16.6. The highest BCUT2D eigenvalue weighted by Crippen LogP contribution is 2.44. The number of fused-ring (bicyclic) bond motifs is 3. The largest absolute Gasteiger partial charge is 0.480 e. The Hall–Kier alpha value is -3.43. The van der Waals surface area contributed by atoms with Gasteiger partial charge in [-0.2, -0.15) is 0 Å². The van der Waals surface area contributed by atoms with Crippen molar-refractivity contribution < 1.29 is 33.7 Å². The summed E-state index contributed by atoms with van der Waals surface area (Å²) in [5, 5.41) is 14.6. The van der Waals surface area contributed by atoms with Crippen LogP contribution in [0.25, 0.3) is 11.1 Å². The Balaban J connectivity index is 1.33. The number of aliphatic carboxylic acids is 1. The number of hydrogen-bond acceptors (Lipinski definition) is 6. The topological polar surface area (TPSA) is 123 Å². The summed E-state index contributed by atoms with van der Waals surface area (Å²) < 4.78 is 16.0. The van der Waals surface area contributed by atoms with Crippen LogP contribution in [0.1, 0.15) is 36.3 Å². The third-order valence-corrected chi connectivity index (χ3v) is 6.45. The van der Waals surface area contributed by atoms with Gasteiger partial charge in [0.2, 0.25) is 0 Å². The van der Waals surface area contributed by atoms with Crippen molar-refractivity contribution in [1.29, 1.82) is 0 Å². The zero-order valence-corrected chi connectivity index (χ0v) is 19.6. The van der Waals surface area contributed by atoms with E-state index in [9.17, 15) is 19.5 Å². The SMILES string of the molecule is COCCCC(NC(=O)[C@H]1OCC[C@H]1NC(=O)OCC1c2ccccc2-c2ccccc21)C(=O)O. The summed E-state index contributed by atoms with van der Waals surface area (Å²) in [6.07, 6.45) is -0.494. The fourth-order valence-corrected chi connectivity index (χ4v) is 4.73. The molecule has 0 bridgehead atoms. The summed E-state index contributed by atoms with van der Waals surface area (Å²) in [7, 11) is 1.53. The molecule has 2 aromatic carbocycles. The van der Waals surface area contributed by atoms with Gasteiger partial charge in [-0.25, -0.2) is 9.59 Å². The lowest BCUT2D eigenvalue weighted by molar-refractivity contribution is -0.144. The van der Waals surface area contributed by atoms with Gasteiger partial charge in [-0.15, -0.1) is 0 Å². The first-order chi connectivity index (χ1) is 17.0. The molecule has 1 heterocycles. The van der Waals surface area contributed by atoms with E-state index in [2.05, 4.69) is 22.8 Å². The molecule has 3 N–H and O–H groups in total. The number of methoxy groups -OCH3 is 1. The van der Waals surface area contributed by atoms with Crippen molar-refractivity contribution in [2.75, 3.05) is 26.9 Å². The third-order valence-electron chi connectivity index (χ3n) is 6.45. The van der Waals surface area contributed by atoms with E-state index in [1.165, 1.54) is 7.11 Å². The number of ether oxygens (including phenoxy) is 3. The molecule has 1 aliphatic carbocycles. The first-order valence-corrected chi connectivity index (χ1v) is 11.7. The van der Waals surface area contributed by atoms with Gasteiger partial charge in [0, 0.05) is 26.2 Å². The predicted molar refractivity (Wildman–Crippen MR) is 127 cm³/mol. The molecule has 1 unspecified atom stereocenters. The standard InChI is InChI=1S/C26H30N2O7/c1-33-13-6-11-22(25(30)31)27-24(29)23-21(12-14-34-23)28-26(32)35-15-20-18-9-4-2-7-16(18)17-8-3-5-10-19(17)20/h2-5,7-10,20-23H,6,11-15H2,1H3,(H,27,29)(H,28,32)(H,30,31)/t21-,22?,23+/m1/s1. The van der Waals surface area contributed by atoms with Crippen molar-refractivity contribution in [2.24, 2.45) is 0 Å². The smallest absolute Gasteiger partial charge is 0.407 e. The second kappa shape index (κ2) is 11.3. The number of carbonyl (C=O) groups is 3. The van der Waals surface area contributed by atoms with Crippen LogP contribution < -0.4 is 10.6 Å². The second-order valence-corrected chi connectivity index (χ2v) is 8.69. The van der Waals surface area contributed by atoms with Crippen LogP contribution in [-0.2, 0) is 23.8 Å². The Morgan fingerprint density at radius 2 is 1.74 bits per heavy atom. The van der Waals surface area contributed by atoms with Crippen LogP contribution in [0.4, 0.5) is 4.79 Å². The molecule has 3 atom stereocenters. The average molecular weight is 483 g/mol. The highest BCUT2D eigenvalue weighted by Gasteiger charge is 2.37. The molecule has 4 rings (SSSR count). The van der Waals surface area contributed by atoms with Crippen LogP contribution in [0.5, 0.6) is 0 Å². The number of carboxylic acid groups (broad SMARTS) is 1. The molecule has 2 aromatic rings. The van der Waals surface area contributed by atoms with Gasteiger partial charge in [-0.1, -0.05) is 48.5 Å². The Labute approximate surface area is 203 Å². The molecule has 186 valence electrons. The maximum absolute atomic E-state index is 12.7. The van der Waals surface area contributed by atoms with Gasteiger partial charge in [0.1, 0.15) is 12.6 Å². The molecular weight excluding hydrogens is 452 g/mol. The highest BCUT2D eigenvalue weighted by molar-refractivity contribution is 5.87. The van der Waals surface area contributed by atoms with Gasteiger partial charge in [-0.05, 0) is 41.5 Å². The zero-order valence-electron chi connectivity index (χ0n) is 19.6. The number of nitrogens with one attached hydrogen (secondary N) is 2. The zero-order chi connectivity index (χ0) is 24.8. The van der Waals surface area contributed by atoms with E-state index in [0.29, 0.717) is 19.4 Å². The van der Waals surface area contributed by atoms with E-state index < -0.39 is 36.2 Å². The van der Waals surface area contributed by atoms with Gasteiger partial charge in [0.25, 0.3) is 5.91 Å². The molecular formula is C26H30N2O7. The Morgan fingerprint density at radius 3 is 2.37 bits per heavy atom. The van der Waals surface area contributed by atoms with Crippen LogP contribution in [0.15, 0.2) is 48.5 Å². The lowest BCUT2D eigenvalue weighted by atomic mass is 9.98. The molecule has 2 aliphatic rings. The van der Waals surface area contributed by atoms with Gasteiger partial charge < -0.3 is 30.0 Å². The monoisotopic (exact) mass is 482 g/mol. The molecule has 0 radical (unpaired) electrons. The van der Waals surface area contributed by atoms with E-state index in [4.69, 9.17) is 14.2 Å². The number of alkyl carbamates (subject to hydrolysis) is 1. The fourth-order valence-electron chi connectivity index (χ4n) is 4.73. The maximum atomic E-state index is 12.7. The van der Waals surface area contributed by atoms with Gasteiger partial charge >= 0.3 is 12.1 Å². The molecule has 1 aliphatic heterocycles. The first kappa shape index (κ1) is 24.7. The summed E-state index contributed by atoms with van der Waals surface area (Å²) in [5.41, 5.74) is 4.49. The molecule has 0 saturated carbocycles. The van der Waals surface area contributed by atoms with Gasteiger partial charge in [0.05, 0.1) is 6.04 Å². The molecule has 2 amide bonds. The van der Waals surface area contributed by atoms with Crippen LogP contribution in [0, 0.1) is 0 Å². The van der Waals surface area contributed by atoms with E-state index in [-0.39, 0.29) is 25.6 Å². The normalized spacial score (nSPS) is 19.5. The number of carbonyl (C=O) groups excluding carboxylic acids is 2. The summed E-state index contributed by atoms with van der Waals surface area (Å²) in [6, 6.07) is 14.5. The predicted octanol–water partition coefficient (Wildman–Crippen LogP) is 2.68. The van der Waals surface area contributed by atoms with Crippen LogP contribution in [0.2, 0.25) is 0 Å². The maximum Gasteiger partial charge on any atom is 0.407 e. The molecule has 0 aromatic heterocycles. The lowest BCUT2D eigenvalue weighted by Crippen LogP contribution is -2.52. The van der Waals surface area contributed by atoms with E-state index in [1.54, 1.807) is 0 Å². The van der Waals surface area contributed by atoms with Crippen LogP contribution >= 0.6 is 0 Å². The molecule has 1 fully saturated rings. The quantitative estimate of drug-likeness (QED) is 0.445. The first-order valence-electron chi connectivity index (χ1n) is 11.7. The minimum Gasteiger partial charge on any atom is -0.480 e. The van der Waals surface area contributed by atoms with Crippen LogP contribution in [-0.4, -0.2) is 68.2 Å². The average Bonchev–Trinajstić information content (AvgIpc) is 3.44. The van der Waals surface area contributed by atoms with E-state index in [1.807, 2.05) is 36.4 Å². The molecule has 0 spiro atoms. The summed E-state index contributed by atoms with van der Waals surface area (Å²) in [4.78, 5) is 36.8. The molecule has 35 heavy (non-hydrogen) atoms. The number of hydrogen-bond donors (Lipinski definition) is 3. The van der Waals surface area contributed by atoms with Crippen molar-refractivity contribution in [3.05, 3.63) is 59.7 Å². The van der Waals surface area contributed by atoms with Crippen LogP contribution in [0.3, 0.4) is 0 Å². The lowest BCUT2D eigenvalue weighted by Gasteiger charge is -2.22. The summed E-state index contributed by atoms with van der Waals surface area (Å²) >= 11 is 0.